The summed E-state index contributed by atoms with van der Waals surface area (Å²) < 4.78 is 49.6. The molecule has 0 atom stereocenters. The number of rotatable bonds is 13. The zero-order valence-electron chi connectivity index (χ0n) is 23.7. The largest absolute Gasteiger partial charge is 0.377 e. The Bertz CT molecular complexity index is 1570. The summed E-state index contributed by atoms with van der Waals surface area (Å²) in [5, 5.41) is 3.62. The first-order valence-corrected chi connectivity index (χ1v) is 16.6. The Morgan fingerprint density at radius 2 is 1.00 bits per heavy atom. The molecule has 0 radical (unpaired) electrons. The number of hydrogen-bond acceptors (Lipinski definition) is 6. The zero-order chi connectivity index (χ0) is 28.9. The minimum Gasteiger partial charge on any atom is -0.377 e. The van der Waals surface area contributed by atoms with Crippen molar-refractivity contribution in [1.29, 1.82) is 9.56 Å². The van der Waals surface area contributed by atoms with Gasteiger partial charge in [-0.05, 0) is 37.1 Å². The SMILES string of the molecule is CN(C)c1cccc2c(S(=N)(=N)NCCCCCCNS(=O)(=O)c3cccc4c(N(C)C)cccc34)cccc12. The van der Waals surface area contributed by atoms with Crippen LogP contribution < -0.4 is 19.2 Å². The number of unbranched alkanes of at least 4 members (excludes halogenated alkanes) is 3. The van der Waals surface area contributed by atoms with Crippen LogP contribution in [0.1, 0.15) is 25.7 Å². The van der Waals surface area contributed by atoms with Crippen LogP contribution in [0.15, 0.2) is 82.6 Å². The molecule has 0 unspecified atom stereocenters. The van der Waals surface area contributed by atoms with E-state index in [9.17, 15) is 8.42 Å². The fourth-order valence-electron chi connectivity index (χ4n) is 5.00. The van der Waals surface area contributed by atoms with Crippen molar-refractivity contribution in [3.8, 4) is 0 Å². The van der Waals surface area contributed by atoms with E-state index in [0.717, 1.165) is 53.2 Å². The maximum absolute atomic E-state index is 13.1. The summed E-state index contributed by atoms with van der Waals surface area (Å²) in [6, 6.07) is 23.0. The van der Waals surface area contributed by atoms with E-state index < -0.39 is 19.8 Å². The molecule has 0 saturated heterocycles. The lowest BCUT2D eigenvalue weighted by Crippen LogP contribution is -2.25. The highest BCUT2D eigenvalue weighted by molar-refractivity contribution is 7.91. The van der Waals surface area contributed by atoms with Crippen LogP contribution in [0.25, 0.3) is 21.5 Å². The van der Waals surface area contributed by atoms with Crippen molar-refractivity contribution in [2.24, 2.45) is 0 Å². The molecule has 0 bridgehead atoms. The molecule has 0 spiro atoms. The third-order valence-electron chi connectivity index (χ3n) is 7.02. The molecule has 0 aliphatic heterocycles. The van der Waals surface area contributed by atoms with Crippen LogP contribution in [0, 0.1) is 9.56 Å². The van der Waals surface area contributed by atoms with E-state index in [2.05, 4.69) is 9.44 Å². The molecule has 0 aliphatic carbocycles. The van der Waals surface area contributed by atoms with Crippen molar-refractivity contribution < 1.29 is 8.42 Å². The van der Waals surface area contributed by atoms with Gasteiger partial charge in [0.15, 0.2) is 0 Å². The van der Waals surface area contributed by atoms with Gasteiger partial charge in [-0.1, -0.05) is 61.4 Å². The predicted molar refractivity (Wildman–Crippen MR) is 169 cm³/mol. The number of anilines is 2. The number of nitrogens with one attached hydrogen (secondary N) is 4. The van der Waals surface area contributed by atoms with Crippen molar-refractivity contribution in [2.75, 3.05) is 51.1 Å². The van der Waals surface area contributed by atoms with Crippen LogP contribution in [-0.2, 0) is 19.8 Å². The lowest BCUT2D eigenvalue weighted by Gasteiger charge is -2.19. The van der Waals surface area contributed by atoms with Gasteiger partial charge in [0, 0.05) is 88.9 Å². The summed E-state index contributed by atoms with van der Waals surface area (Å²) in [6.45, 7) is 0.942. The third-order valence-corrected chi connectivity index (χ3v) is 10.2. The number of hydrogen-bond donors (Lipinski definition) is 4. The molecule has 0 saturated carbocycles. The number of fused-ring (bicyclic) bond motifs is 2. The zero-order valence-corrected chi connectivity index (χ0v) is 25.3. The molecule has 0 aromatic heterocycles. The second kappa shape index (κ2) is 12.6. The Morgan fingerprint density at radius 3 is 1.52 bits per heavy atom. The highest BCUT2D eigenvalue weighted by Crippen LogP contribution is 2.31. The summed E-state index contributed by atoms with van der Waals surface area (Å²) in [5.41, 5.74) is 2.05. The summed E-state index contributed by atoms with van der Waals surface area (Å²) in [6.07, 6.45) is 3.31. The van der Waals surface area contributed by atoms with Gasteiger partial charge in [0.2, 0.25) is 10.0 Å². The van der Waals surface area contributed by atoms with Crippen molar-refractivity contribution in [3.63, 3.8) is 0 Å². The highest BCUT2D eigenvalue weighted by Gasteiger charge is 2.18. The van der Waals surface area contributed by atoms with Crippen LogP contribution in [0.4, 0.5) is 11.4 Å². The molecule has 4 aromatic rings. The van der Waals surface area contributed by atoms with Gasteiger partial charge in [-0.3, -0.25) is 9.56 Å². The Hall–Kier alpha value is -3.18. The Balaban J connectivity index is 1.27. The standard InChI is InChI=1S/C30H40N6O2S2/c1-35(2)27-17-9-15-25-23(27)13-11-19-29(25)39(31,32)33-21-7-5-6-8-22-34-40(37,38)30-20-12-14-24-26(30)16-10-18-28(24)36(3)4/h9-20,34H,5-8,21-22H2,1-4H3,(H3,31,32,33). The number of benzene rings is 4. The molecule has 10 heteroatoms. The molecule has 0 amide bonds. The van der Waals surface area contributed by atoms with Gasteiger partial charge in [-0.25, -0.2) is 17.9 Å². The van der Waals surface area contributed by atoms with E-state index in [0.29, 0.717) is 28.3 Å². The van der Waals surface area contributed by atoms with Crippen LogP contribution in [0.3, 0.4) is 0 Å². The lowest BCUT2D eigenvalue weighted by atomic mass is 10.1. The van der Waals surface area contributed by atoms with E-state index in [1.165, 1.54) is 0 Å². The summed E-state index contributed by atoms with van der Waals surface area (Å²) in [7, 11) is 1.59. The smallest absolute Gasteiger partial charge is 0.241 e. The minimum atomic E-state index is -3.63. The fourth-order valence-corrected chi connectivity index (χ4v) is 7.69. The van der Waals surface area contributed by atoms with E-state index in [1.807, 2.05) is 98.7 Å². The molecule has 40 heavy (non-hydrogen) atoms. The number of nitrogens with zero attached hydrogens (tertiary/aromatic N) is 2. The summed E-state index contributed by atoms with van der Waals surface area (Å²) >= 11 is 0. The number of sulfonamides is 1. The van der Waals surface area contributed by atoms with E-state index in [1.54, 1.807) is 12.1 Å². The van der Waals surface area contributed by atoms with Gasteiger partial charge >= 0.3 is 0 Å². The Labute approximate surface area is 239 Å². The molecule has 214 valence electrons. The molecule has 8 nitrogen and oxygen atoms in total. The maximum Gasteiger partial charge on any atom is 0.241 e. The topological polar surface area (TPSA) is 112 Å². The first-order chi connectivity index (χ1) is 19.0. The summed E-state index contributed by atoms with van der Waals surface area (Å²) in [5.74, 6) is 0. The molecule has 0 heterocycles. The van der Waals surface area contributed by atoms with Gasteiger partial charge in [0.05, 0.1) is 4.90 Å². The van der Waals surface area contributed by atoms with Gasteiger partial charge in [-0.2, -0.15) is 0 Å². The van der Waals surface area contributed by atoms with Gasteiger partial charge in [0.25, 0.3) is 0 Å². The van der Waals surface area contributed by atoms with Crippen LogP contribution in [0.2, 0.25) is 0 Å². The second-order valence-corrected chi connectivity index (χ2v) is 14.1. The Kier molecular flexibility index (Phi) is 9.35. The van der Waals surface area contributed by atoms with E-state index in [4.69, 9.17) is 9.56 Å². The molecule has 0 aliphatic rings. The fraction of sp³-hybridized carbons (Fsp3) is 0.333. The van der Waals surface area contributed by atoms with Crippen molar-refractivity contribution >= 4 is 52.7 Å². The molecule has 4 aromatic carbocycles. The first kappa shape index (κ1) is 29.8. The highest BCUT2D eigenvalue weighted by atomic mass is 32.2. The van der Waals surface area contributed by atoms with Gasteiger partial charge in [-0.15, -0.1) is 0 Å². The van der Waals surface area contributed by atoms with Crippen molar-refractivity contribution in [2.45, 2.75) is 35.5 Å². The van der Waals surface area contributed by atoms with Crippen molar-refractivity contribution in [1.82, 2.24) is 9.44 Å². The molecular weight excluding hydrogens is 541 g/mol. The minimum absolute atomic E-state index is 0.300. The van der Waals surface area contributed by atoms with Crippen molar-refractivity contribution in [3.05, 3.63) is 72.8 Å². The van der Waals surface area contributed by atoms with Gasteiger partial charge in [0.1, 0.15) is 0 Å². The quantitative estimate of drug-likeness (QED) is 0.141. The molecule has 4 rings (SSSR count). The third kappa shape index (κ3) is 6.58. The molecule has 0 fully saturated rings. The lowest BCUT2D eigenvalue weighted by molar-refractivity contribution is 0.572. The Morgan fingerprint density at radius 1 is 0.575 bits per heavy atom. The first-order valence-electron chi connectivity index (χ1n) is 13.5. The summed E-state index contributed by atoms with van der Waals surface area (Å²) in [4.78, 5) is 5.05. The average molecular weight is 581 g/mol. The van der Waals surface area contributed by atoms with E-state index >= 15 is 0 Å². The van der Waals surface area contributed by atoms with Crippen LogP contribution >= 0.6 is 0 Å². The molecular formula is C30H40N6O2S2. The predicted octanol–water partition coefficient (Wildman–Crippen LogP) is 6.21. The second-order valence-electron chi connectivity index (χ2n) is 10.4. The normalized spacial score (nSPS) is 12.2. The van der Waals surface area contributed by atoms with Crippen LogP contribution in [0.5, 0.6) is 0 Å². The van der Waals surface area contributed by atoms with E-state index in [-0.39, 0.29) is 0 Å². The molecule has 4 N–H and O–H groups in total. The maximum atomic E-state index is 13.1. The average Bonchev–Trinajstić information content (AvgIpc) is 2.92. The van der Waals surface area contributed by atoms with Crippen LogP contribution in [-0.4, -0.2) is 49.7 Å². The monoisotopic (exact) mass is 580 g/mol. The van der Waals surface area contributed by atoms with Gasteiger partial charge < -0.3 is 9.80 Å².